The first-order valence-electron chi connectivity index (χ1n) is 7.37. The smallest absolute Gasteiger partial charge is 0.222 e. The number of guanidine groups is 1. The monoisotopic (exact) mass is 417 g/mol. The van der Waals surface area contributed by atoms with Gasteiger partial charge < -0.3 is 15.5 Å². The number of rotatable bonds is 4. The summed E-state index contributed by atoms with van der Waals surface area (Å²) in [5.74, 6) is 0.965. The Morgan fingerprint density at radius 3 is 2.95 bits per heavy atom. The SMILES string of the molecule is CCC(=O)N1CCC(NC(=NC)NCc2ccccn2)C1.I. The van der Waals surface area contributed by atoms with Crippen molar-refractivity contribution in [3.05, 3.63) is 30.1 Å². The van der Waals surface area contributed by atoms with Crippen LogP contribution in [0.25, 0.3) is 0 Å². The molecule has 1 amide bonds. The molecule has 6 nitrogen and oxygen atoms in total. The molecule has 0 aliphatic carbocycles. The van der Waals surface area contributed by atoms with Gasteiger partial charge in [-0.2, -0.15) is 0 Å². The Labute approximate surface area is 148 Å². The van der Waals surface area contributed by atoms with Crippen LogP contribution < -0.4 is 10.6 Å². The van der Waals surface area contributed by atoms with Crippen molar-refractivity contribution < 1.29 is 4.79 Å². The first kappa shape index (κ1) is 18.7. The summed E-state index contributed by atoms with van der Waals surface area (Å²) in [6.07, 6.45) is 3.30. The lowest BCUT2D eigenvalue weighted by Gasteiger charge is -2.18. The van der Waals surface area contributed by atoms with Crippen LogP contribution in [0.2, 0.25) is 0 Å². The number of aromatic nitrogens is 1. The Kier molecular flexibility index (Phi) is 8.15. The van der Waals surface area contributed by atoms with E-state index in [1.807, 2.05) is 30.0 Å². The summed E-state index contributed by atoms with van der Waals surface area (Å²) in [5, 5.41) is 6.61. The summed E-state index contributed by atoms with van der Waals surface area (Å²) >= 11 is 0. The lowest BCUT2D eigenvalue weighted by atomic mass is 10.3. The third kappa shape index (κ3) is 5.43. The molecule has 1 aliphatic heterocycles. The Morgan fingerprint density at radius 2 is 2.32 bits per heavy atom. The van der Waals surface area contributed by atoms with E-state index < -0.39 is 0 Å². The third-order valence-electron chi connectivity index (χ3n) is 3.57. The second-order valence-electron chi connectivity index (χ2n) is 5.07. The van der Waals surface area contributed by atoms with Crippen molar-refractivity contribution in [3.8, 4) is 0 Å². The lowest BCUT2D eigenvalue weighted by molar-refractivity contribution is -0.129. The topological polar surface area (TPSA) is 69.6 Å². The fraction of sp³-hybridized carbons (Fsp3) is 0.533. The number of amides is 1. The molecule has 0 saturated carbocycles. The molecular weight excluding hydrogens is 393 g/mol. The molecule has 0 aromatic carbocycles. The molecule has 2 N–H and O–H groups in total. The third-order valence-corrected chi connectivity index (χ3v) is 3.57. The molecule has 0 radical (unpaired) electrons. The molecule has 1 atom stereocenters. The fourth-order valence-electron chi connectivity index (χ4n) is 2.39. The average Bonchev–Trinajstić information content (AvgIpc) is 3.00. The standard InChI is InChI=1S/C15H23N5O.HI/c1-3-14(21)20-9-7-13(11-20)19-15(16-2)18-10-12-6-4-5-8-17-12;/h4-6,8,13H,3,7,9-11H2,1-2H3,(H2,16,18,19);1H. The molecule has 22 heavy (non-hydrogen) atoms. The van der Waals surface area contributed by atoms with E-state index in [0.717, 1.165) is 31.2 Å². The van der Waals surface area contributed by atoms with Gasteiger partial charge in [-0.15, -0.1) is 24.0 Å². The van der Waals surface area contributed by atoms with Crippen molar-refractivity contribution in [1.82, 2.24) is 20.5 Å². The number of carbonyl (C=O) groups excluding carboxylic acids is 1. The Hall–Kier alpha value is -1.38. The van der Waals surface area contributed by atoms with Gasteiger partial charge in [-0.1, -0.05) is 13.0 Å². The van der Waals surface area contributed by atoms with Crippen LogP contribution in [0.5, 0.6) is 0 Å². The molecule has 7 heteroatoms. The van der Waals surface area contributed by atoms with Gasteiger partial charge in [-0.05, 0) is 18.6 Å². The first-order valence-corrected chi connectivity index (χ1v) is 7.37. The largest absolute Gasteiger partial charge is 0.352 e. The number of nitrogens with one attached hydrogen (secondary N) is 2. The summed E-state index contributed by atoms with van der Waals surface area (Å²) in [7, 11) is 1.75. The Bertz CT molecular complexity index is 494. The van der Waals surface area contributed by atoms with Crippen LogP contribution >= 0.6 is 24.0 Å². The Morgan fingerprint density at radius 1 is 1.50 bits per heavy atom. The molecule has 2 rings (SSSR count). The van der Waals surface area contributed by atoms with Gasteiger partial charge in [-0.25, -0.2) is 0 Å². The molecule has 2 heterocycles. The van der Waals surface area contributed by atoms with Gasteiger partial charge in [0, 0.05) is 38.8 Å². The molecule has 0 bridgehead atoms. The minimum absolute atomic E-state index is 0. The fourth-order valence-corrected chi connectivity index (χ4v) is 2.39. The lowest BCUT2D eigenvalue weighted by Crippen LogP contribution is -2.44. The maximum absolute atomic E-state index is 11.7. The number of hydrogen-bond acceptors (Lipinski definition) is 3. The van der Waals surface area contributed by atoms with E-state index in [0.29, 0.717) is 13.0 Å². The average molecular weight is 417 g/mol. The van der Waals surface area contributed by atoms with Crippen LogP contribution in [-0.4, -0.2) is 47.9 Å². The van der Waals surface area contributed by atoms with Gasteiger partial charge in [0.15, 0.2) is 5.96 Å². The first-order chi connectivity index (χ1) is 10.2. The minimum atomic E-state index is 0. The number of aliphatic imine (C=N–C) groups is 1. The van der Waals surface area contributed by atoms with Gasteiger partial charge in [0.1, 0.15) is 0 Å². The Balaban J connectivity index is 0.00000242. The van der Waals surface area contributed by atoms with Crippen molar-refractivity contribution in [3.63, 3.8) is 0 Å². The van der Waals surface area contributed by atoms with Crippen LogP contribution in [0.3, 0.4) is 0 Å². The number of carbonyl (C=O) groups is 1. The summed E-state index contributed by atoms with van der Waals surface area (Å²) in [5.41, 5.74) is 0.967. The summed E-state index contributed by atoms with van der Waals surface area (Å²) < 4.78 is 0. The zero-order valence-corrected chi connectivity index (χ0v) is 15.4. The second-order valence-corrected chi connectivity index (χ2v) is 5.07. The number of hydrogen-bond donors (Lipinski definition) is 2. The maximum atomic E-state index is 11.7. The van der Waals surface area contributed by atoms with Crippen molar-refractivity contribution in [2.75, 3.05) is 20.1 Å². The molecule has 1 aromatic rings. The van der Waals surface area contributed by atoms with Crippen molar-refractivity contribution >= 4 is 35.8 Å². The van der Waals surface area contributed by atoms with E-state index in [1.54, 1.807) is 13.2 Å². The normalized spacial score (nSPS) is 17.8. The number of pyridine rings is 1. The van der Waals surface area contributed by atoms with Gasteiger partial charge in [0.25, 0.3) is 0 Å². The molecule has 1 unspecified atom stereocenters. The predicted molar refractivity (Wildman–Crippen MR) is 98.3 cm³/mol. The van der Waals surface area contributed by atoms with Crippen molar-refractivity contribution in [2.24, 2.45) is 4.99 Å². The summed E-state index contributed by atoms with van der Waals surface area (Å²) in [6, 6.07) is 6.09. The van der Waals surface area contributed by atoms with Crippen molar-refractivity contribution in [1.29, 1.82) is 0 Å². The van der Waals surface area contributed by atoms with Gasteiger partial charge in [0.05, 0.1) is 12.2 Å². The quantitative estimate of drug-likeness (QED) is 0.441. The van der Waals surface area contributed by atoms with Crippen LogP contribution in [0.15, 0.2) is 29.4 Å². The van der Waals surface area contributed by atoms with E-state index >= 15 is 0 Å². The van der Waals surface area contributed by atoms with E-state index in [1.165, 1.54) is 0 Å². The minimum Gasteiger partial charge on any atom is -0.352 e. The zero-order chi connectivity index (χ0) is 15.1. The molecule has 1 aliphatic rings. The summed E-state index contributed by atoms with van der Waals surface area (Å²) in [6.45, 7) is 4.10. The van der Waals surface area contributed by atoms with Gasteiger partial charge in [-0.3, -0.25) is 14.8 Å². The van der Waals surface area contributed by atoms with E-state index in [9.17, 15) is 4.79 Å². The highest BCUT2D eigenvalue weighted by atomic mass is 127. The maximum Gasteiger partial charge on any atom is 0.222 e. The predicted octanol–water partition coefficient (Wildman–Crippen LogP) is 1.38. The van der Waals surface area contributed by atoms with Crippen LogP contribution in [0, 0.1) is 0 Å². The molecule has 1 saturated heterocycles. The zero-order valence-electron chi connectivity index (χ0n) is 13.1. The van der Waals surface area contributed by atoms with Gasteiger partial charge >= 0.3 is 0 Å². The summed E-state index contributed by atoms with van der Waals surface area (Å²) in [4.78, 5) is 22.1. The second kappa shape index (κ2) is 9.60. The van der Waals surface area contributed by atoms with E-state index in [2.05, 4.69) is 20.6 Å². The molecule has 122 valence electrons. The highest BCUT2D eigenvalue weighted by molar-refractivity contribution is 14.0. The molecule has 1 aromatic heterocycles. The van der Waals surface area contributed by atoms with Crippen molar-refractivity contribution in [2.45, 2.75) is 32.4 Å². The number of nitrogens with zero attached hydrogens (tertiary/aromatic N) is 3. The van der Waals surface area contributed by atoms with E-state index in [4.69, 9.17) is 0 Å². The number of halogens is 1. The highest BCUT2D eigenvalue weighted by Crippen LogP contribution is 2.10. The highest BCUT2D eigenvalue weighted by Gasteiger charge is 2.25. The van der Waals surface area contributed by atoms with Crippen LogP contribution in [-0.2, 0) is 11.3 Å². The van der Waals surface area contributed by atoms with E-state index in [-0.39, 0.29) is 35.9 Å². The van der Waals surface area contributed by atoms with Crippen LogP contribution in [0.4, 0.5) is 0 Å². The molecule has 0 spiro atoms. The van der Waals surface area contributed by atoms with Crippen LogP contribution in [0.1, 0.15) is 25.5 Å². The molecular formula is C15H24IN5O. The van der Waals surface area contributed by atoms with Gasteiger partial charge in [0.2, 0.25) is 5.91 Å². The molecule has 1 fully saturated rings. The number of likely N-dealkylation sites (tertiary alicyclic amines) is 1.